The summed E-state index contributed by atoms with van der Waals surface area (Å²) in [7, 11) is 0. The first-order valence-electron chi connectivity index (χ1n) is 9.06. The van der Waals surface area contributed by atoms with Gasteiger partial charge in [-0.15, -0.1) is 0 Å². The average molecular weight is 351 g/mol. The van der Waals surface area contributed by atoms with Crippen LogP contribution < -0.4 is 5.32 Å². The minimum Gasteiger partial charge on any atom is -0.393 e. The first kappa shape index (κ1) is 18.1. The molecule has 1 heterocycles. The number of fused-ring (bicyclic) bond motifs is 1. The summed E-state index contributed by atoms with van der Waals surface area (Å²) >= 11 is 0. The van der Waals surface area contributed by atoms with Crippen molar-refractivity contribution in [1.29, 1.82) is 0 Å². The number of para-hydroxylation sites is 2. The highest BCUT2D eigenvalue weighted by atomic mass is 16.3. The molecule has 26 heavy (non-hydrogen) atoms. The Morgan fingerprint density at radius 1 is 1.15 bits per heavy atom. The molecule has 0 aliphatic rings. The lowest BCUT2D eigenvalue weighted by Crippen LogP contribution is -2.27. The van der Waals surface area contributed by atoms with E-state index in [1.165, 1.54) is 5.56 Å². The number of imidazole rings is 1. The number of hydrogen-bond acceptors (Lipinski definition) is 3. The molecule has 3 aromatic rings. The van der Waals surface area contributed by atoms with Crippen molar-refractivity contribution >= 4 is 16.9 Å². The molecule has 1 aromatic heterocycles. The topological polar surface area (TPSA) is 67.2 Å². The van der Waals surface area contributed by atoms with Gasteiger partial charge in [-0.05, 0) is 31.0 Å². The smallest absolute Gasteiger partial charge is 0.220 e. The van der Waals surface area contributed by atoms with Crippen molar-refractivity contribution in [3.63, 3.8) is 0 Å². The Morgan fingerprint density at radius 2 is 1.88 bits per heavy atom. The number of hydrogen-bond donors (Lipinski definition) is 2. The van der Waals surface area contributed by atoms with E-state index in [0.717, 1.165) is 23.4 Å². The number of nitrogens with one attached hydrogen (secondary N) is 1. The minimum atomic E-state index is -0.448. The molecule has 0 fully saturated rings. The predicted molar refractivity (Wildman–Crippen MR) is 103 cm³/mol. The Balaban J connectivity index is 1.71. The molecule has 5 heteroatoms. The van der Waals surface area contributed by atoms with Crippen LogP contribution in [0.4, 0.5) is 0 Å². The second-order valence-electron chi connectivity index (χ2n) is 6.58. The number of carbonyl (C=O) groups excluding carboxylic acids is 1. The SMILES string of the molecule is CC(O)CCC(=O)NCCc1nc2ccccc2n1Cc1ccccc1. The Labute approximate surface area is 153 Å². The molecular formula is C21H25N3O2. The monoisotopic (exact) mass is 351 g/mol. The quantitative estimate of drug-likeness (QED) is 0.656. The van der Waals surface area contributed by atoms with Gasteiger partial charge < -0.3 is 15.0 Å². The maximum absolute atomic E-state index is 11.8. The number of carbonyl (C=O) groups is 1. The molecule has 0 saturated carbocycles. The second kappa shape index (κ2) is 8.63. The summed E-state index contributed by atoms with van der Waals surface area (Å²) in [5.41, 5.74) is 3.29. The minimum absolute atomic E-state index is 0.0309. The van der Waals surface area contributed by atoms with E-state index in [0.29, 0.717) is 25.8 Å². The summed E-state index contributed by atoms with van der Waals surface area (Å²) in [6, 6.07) is 18.4. The van der Waals surface area contributed by atoms with E-state index in [-0.39, 0.29) is 5.91 Å². The highest BCUT2D eigenvalue weighted by molar-refractivity contribution is 5.76. The fourth-order valence-electron chi connectivity index (χ4n) is 3.00. The molecule has 136 valence electrons. The van der Waals surface area contributed by atoms with E-state index in [9.17, 15) is 9.90 Å². The van der Waals surface area contributed by atoms with Crippen LogP contribution in [0.2, 0.25) is 0 Å². The predicted octanol–water partition coefficient (Wildman–Crippen LogP) is 2.90. The van der Waals surface area contributed by atoms with Crippen LogP contribution in [0, 0.1) is 0 Å². The average Bonchev–Trinajstić information content (AvgIpc) is 2.98. The van der Waals surface area contributed by atoms with Crippen LogP contribution in [-0.2, 0) is 17.8 Å². The molecule has 5 nitrogen and oxygen atoms in total. The number of nitrogens with zero attached hydrogens (tertiary/aromatic N) is 2. The molecule has 3 rings (SSSR count). The van der Waals surface area contributed by atoms with E-state index >= 15 is 0 Å². The third-order valence-corrected chi connectivity index (χ3v) is 4.38. The summed E-state index contributed by atoms with van der Waals surface area (Å²) < 4.78 is 2.21. The summed E-state index contributed by atoms with van der Waals surface area (Å²) in [4.78, 5) is 16.6. The van der Waals surface area contributed by atoms with Crippen molar-refractivity contribution in [3.05, 3.63) is 66.0 Å². The molecule has 0 bridgehead atoms. The second-order valence-corrected chi connectivity index (χ2v) is 6.58. The molecule has 0 radical (unpaired) electrons. The Kier molecular flexibility index (Phi) is 6.02. The first-order chi connectivity index (χ1) is 12.6. The van der Waals surface area contributed by atoms with E-state index in [1.54, 1.807) is 6.92 Å². The van der Waals surface area contributed by atoms with Crippen molar-refractivity contribution in [2.75, 3.05) is 6.54 Å². The zero-order valence-electron chi connectivity index (χ0n) is 15.1. The Hall–Kier alpha value is -2.66. The maximum atomic E-state index is 11.8. The van der Waals surface area contributed by atoms with Gasteiger partial charge in [0.25, 0.3) is 0 Å². The van der Waals surface area contributed by atoms with Gasteiger partial charge >= 0.3 is 0 Å². The van der Waals surface area contributed by atoms with E-state index < -0.39 is 6.10 Å². The maximum Gasteiger partial charge on any atom is 0.220 e. The Bertz CT molecular complexity index is 856. The number of aliphatic hydroxyl groups excluding tert-OH is 1. The third-order valence-electron chi connectivity index (χ3n) is 4.38. The standard InChI is InChI=1S/C21H25N3O2/c1-16(25)11-12-21(26)22-14-13-20-23-18-9-5-6-10-19(18)24(20)15-17-7-3-2-4-8-17/h2-10,16,25H,11-15H2,1H3,(H,22,26). The lowest BCUT2D eigenvalue weighted by molar-refractivity contribution is -0.121. The zero-order valence-corrected chi connectivity index (χ0v) is 15.1. The van der Waals surface area contributed by atoms with Crippen LogP contribution in [0.3, 0.4) is 0 Å². The summed E-state index contributed by atoms with van der Waals surface area (Å²) in [5, 5.41) is 12.2. The zero-order chi connectivity index (χ0) is 18.4. The van der Waals surface area contributed by atoms with Crippen LogP contribution in [0.25, 0.3) is 11.0 Å². The van der Waals surface area contributed by atoms with Gasteiger partial charge in [0.05, 0.1) is 17.1 Å². The molecular weight excluding hydrogens is 326 g/mol. The summed E-state index contributed by atoms with van der Waals surface area (Å²) in [5.74, 6) is 0.933. The number of rotatable bonds is 8. The van der Waals surface area contributed by atoms with Crippen molar-refractivity contribution in [2.45, 2.75) is 38.8 Å². The Morgan fingerprint density at radius 3 is 2.65 bits per heavy atom. The molecule has 0 aliphatic heterocycles. The molecule has 0 spiro atoms. The molecule has 2 N–H and O–H groups in total. The highest BCUT2D eigenvalue weighted by Gasteiger charge is 2.11. The van der Waals surface area contributed by atoms with Crippen molar-refractivity contribution in [1.82, 2.24) is 14.9 Å². The summed E-state index contributed by atoms with van der Waals surface area (Å²) in [6.45, 7) is 2.99. The largest absolute Gasteiger partial charge is 0.393 e. The number of aliphatic hydroxyl groups is 1. The highest BCUT2D eigenvalue weighted by Crippen LogP contribution is 2.18. The van der Waals surface area contributed by atoms with Crippen LogP contribution in [0.15, 0.2) is 54.6 Å². The van der Waals surface area contributed by atoms with Gasteiger partial charge in [-0.3, -0.25) is 4.79 Å². The van der Waals surface area contributed by atoms with Gasteiger partial charge in [-0.2, -0.15) is 0 Å². The van der Waals surface area contributed by atoms with Gasteiger partial charge in [0.15, 0.2) is 0 Å². The lowest BCUT2D eigenvalue weighted by Gasteiger charge is -2.10. The van der Waals surface area contributed by atoms with Gasteiger partial charge in [0, 0.05) is 25.9 Å². The molecule has 1 unspecified atom stereocenters. The van der Waals surface area contributed by atoms with Gasteiger partial charge in [-0.1, -0.05) is 42.5 Å². The normalized spacial score (nSPS) is 12.2. The van der Waals surface area contributed by atoms with Gasteiger partial charge in [0.2, 0.25) is 5.91 Å². The lowest BCUT2D eigenvalue weighted by atomic mass is 10.2. The van der Waals surface area contributed by atoms with Gasteiger partial charge in [0.1, 0.15) is 5.82 Å². The molecule has 0 aliphatic carbocycles. The van der Waals surface area contributed by atoms with Crippen LogP contribution in [-0.4, -0.2) is 33.2 Å². The molecule has 0 saturated heterocycles. The van der Waals surface area contributed by atoms with Crippen LogP contribution >= 0.6 is 0 Å². The first-order valence-corrected chi connectivity index (χ1v) is 9.06. The number of benzene rings is 2. The van der Waals surface area contributed by atoms with Gasteiger partial charge in [-0.25, -0.2) is 4.98 Å². The molecule has 1 amide bonds. The molecule has 2 aromatic carbocycles. The van der Waals surface area contributed by atoms with Crippen LogP contribution in [0.1, 0.15) is 31.2 Å². The van der Waals surface area contributed by atoms with E-state index in [1.807, 2.05) is 36.4 Å². The van der Waals surface area contributed by atoms with Crippen molar-refractivity contribution < 1.29 is 9.90 Å². The number of amides is 1. The van der Waals surface area contributed by atoms with Crippen molar-refractivity contribution in [2.24, 2.45) is 0 Å². The molecule has 1 atom stereocenters. The fraction of sp³-hybridized carbons (Fsp3) is 0.333. The summed E-state index contributed by atoms with van der Waals surface area (Å²) in [6.07, 6.45) is 1.05. The van der Waals surface area contributed by atoms with E-state index in [4.69, 9.17) is 4.98 Å². The third kappa shape index (κ3) is 4.70. The fourth-order valence-corrected chi connectivity index (χ4v) is 3.00. The van der Waals surface area contributed by atoms with E-state index in [2.05, 4.69) is 28.1 Å². The number of aromatic nitrogens is 2. The van der Waals surface area contributed by atoms with Crippen LogP contribution in [0.5, 0.6) is 0 Å². The van der Waals surface area contributed by atoms with Crippen molar-refractivity contribution in [3.8, 4) is 0 Å².